The molecule has 3 heteroatoms. The van der Waals surface area contributed by atoms with E-state index in [1.807, 2.05) is 12.1 Å². The molecule has 0 saturated carbocycles. The van der Waals surface area contributed by atoms with Gasteiger partial charge in [0.15, 0.2) is 0 Å². The molecule has 0 radical (unpaired) electrons. The van der Waals surface area contributed by atoms with E-state index in [-0.39, 0.29) is 0 Å². The number of allylic oxidation sites excluding steroid dienone is 1. The molecule has 0 fully saturated rings. The second-order valence-electron chi connectivity index (χ2n) is 13.6. The molecule has 3 heterocycles. The number of aromatic nitrogens is 2. The van der Waals surface area contributed by atoms with Gasteiger partial charge in [0.25, 0.3) is 0 Å². The number of rotatable bonds is 4. The molecule has 10 aromatic rings. The number of nitrogens with zero attached hydrogens (tertiary/aromatic N) is 2. The zero-order chi connectivity index (χ0) is 33.5. The monoisotopic (exact) mass is 652 g/mol. The Labute approximate surface area is 294 Å². The number of hydrogen-bond acceptors (Lipinski definition) is 1. The fourth-order valence-corrected chi connectivity index (χ4v) is 8.43. The number of furan rings is 1. The smallest absolute Gasteiger partial charge is 0.135 e. The highest BCUT2D eigenvalue weighted by atomic mass is 16.3. The first-order valence-electron chi connectivity index (χ1n) is 17.7. The molecule has 0 unspecified atom stereocenters. The molecule has 3 aromatic heterocycles. The molecule has 0 atom stereocenters. The Morgan fingerprint density at radius 1 is 0.412 bits per heavy atom. The van der Waals surface area contributed by atoms with Crippen molar-refractivity contribution in [1.82, 2.24) is 9.13 Å². The molecule has 240 valence electrons. The van der Waals surface area contributed by atoms with Crippen molar-refractivity contribution in [2.24, 2.45) is 0 Å². The average molecular weight is 653 g/mol. The summed E-state index contributed by atoms with van der Waals surface area (Å²) < 4.78 is 11.0. The molecule has 0 N–H and O–H groups in total. The summed E-state index contributed by atoms with van der Waals surface area (Å²) in [5, 5.41) is 6.09. The molecule has 0 amide bonds. The van der Waals surface area contributed by atoms with Crippen molar-refractivity contribution in [2.75, 3.05) is 0 Å². The minimum Gasteiger partial charge on any atom is -0.456 e. The summed E-state index contributed by atoms with van der Waals surface area (Å²) in [6.07, 6.45) is 6.76. The predicted molar refractivity (Wildman–Crippen MR) is 213 cm³/mol. The lowest BCUT2D eigenvalue weighted by atomic mass is 9.98. The number of fused-ring (bicyclic) bond motifs is 9. The van der Waals surface area contributed by atoms with Crippen molar-refractivity contribution in [2.45, 2.75) is 12.8 Å². The van der Waals surface area contributed by atoms with Crippen molar-refractivity contribution in [1.29, 1.82) is 0 Å². The van der Waals surface area contributed by atoms with Crippen LogP contribution in [0.4, 0.5) is 0 Å². The van der Waals surface area contributed by atoms with Crippen molar-refractivity contribution in [3.05, 3.63) is 175 Å². The summed E-state index contributed by atoms with van der Waals surface area (Å²) in [4.78, 5) is 0. The first-order chi connectivity index (χ1) is 25.3. The Balaban J connectivity index is 1.04. The van der Waals surface area contributed by atoms with E-state index in [0.717, 1.165) is 40.5 Å². The predicted octanol–water partition coefficient (Wildman–Crippen LogP) is 12.9. The molecule has 7 aromatic carbocycles. The first-order valence-corrected chi connectivity index (χ1v) is 17.7. The Morgan fingerprint density at radius 2 is 1.04 bits per heavy atom. The Morgan fingerprint density at radius 3 is 1.90 bits per heavy atom. The molecule has 3 nitrogen and oxygen atoms in total. The van der Waals surface area contributed by atoms with Crippen LogP contribution in [0.2, 0.25) is 0 Å². The third-order valence-electron chi connectivity index (χ3n) is 10.8. The molecule has 0 saturated heterocycles. The number of para-hydroxylation sites is 3. The molecule has 51 heavy (non-hydrogen) atoms. The molecule has 0 aliphatic heterocycles. The molecule has 0 bridgehead atoms. The van der Waals surface area contributed by atoms with Gasteiger partial charge in [0, 0.05) is 49.6 Å². The lowest BCUT2D eigenvalue weighted by Gasteiger charge is -2.13. The third-order valence-corrected chi connectivity index (χ3v) is 10.8. The van der Waals surface area contributed by atoms with E-state index in [2.05, 4.69) is 167 Å². The molecular formula is C48H32N2O. The number of benzene rings is 7. The molecular weight excluding hydrogens is 621 g/mol. The normalized spacial score (nSPS) is 12.9. The highest BCUT2D eigenvalue weighted by molar-refractivity contribution is 6.11. The number of hydrogen-bond donors (Lipinski definition) is 0. The summed E-state index contributed by atoms with van der Waals surface area (Å²) in [6, 6.07) is 57.2. The van der Waals surface area contributed by atoms with Crippen molar-refractivity contribution >= 4 is 60.7 Å². The summed E-state index contributed by atoms with van der Waals surface area (Å²) in [7, 11) is 0. The Kier molecular flexibility index (Phi) is 6.08. The van der Waals surface area contributed by atoms with E-state index in [1.54, 1.807) is 0 Å². The average Bonchev–Trinajstić information content (AvgIpc) is 3.85. The van der Waals surface area contributed by atoms with Gasteiger partial charge in [-0.2, -0.15) is 0 Å². The van der Waals surface area contributed by atoms with Crippen LogP contribution in [-0.2, 0) is 6.42 Å². The van der Waals surface area contributed by atoms with E-state index in [1.165, 1.54) is 71.9 Å². The van der Waals surface area contributed by atoms with Crippen LogP contribution in [0.3, 0.4) is 0 Å². The van der Waals surface area contributed by atoms with E-state index in [0.29, 0.717) is 0 Å². The van der Waals surface area contributed by atoms with E-state index in [4.69, 9.17) is 4.42 Å². The van der Waals surface area contributed by atoms with Crippen molar-refractivity contribution < 1.29 is 4.42 Å². The van der Waals surface area contributed by atoms with Gasteiger partial charge in [-0.15, -0.1) is 0 Å². The van der Waals surface area contributed by atoms with Gasteiger partial charge in [0.2, 0.25) is 0 Å². The van der Waals surface area contributed by atoms with Crippen LogP contribution in [0.15, 0.2) is 168 Å². The summed E-state index contributed by atoms with van der Waals surface area (Å²) in [5.74, 6) is 0. The lowest BCUT2D eigenvalue weighted by Crippen LogP contribution is -2.02. The van der Waals surface area contributed by atoms with Crippen molar-refractivity contribution in [3.63, 3.8) is 0 Å². The minimum absolute atomic E-state index is 0.918. The van der Waals surface area contributed by atoms with Gasteiger partial charge in [-0.05, 0) is 108 Å². The van der Waals surface area contributed by atoms with Gasteiger partial charge in [0.05, 0.1) is 16.6 Å². The summed E-state index contributed by atoms with van der Waals surface area (Å²) in [5.41, 5.74) is 15.4. The van der Waals surface area contributed by atoms with Gasteiger partial charge in [-0.25, -0.2) is 0 Å². The van der Waals surface area contributed by atoms with Gasteiger partial charge in [0.1, 0.15) is 11.2 Å². The van der Waals surface area contributed by atoms with Crippen LogP contribution in [0, 0.1) is 0 Å². The summed E-state index contributed by atoms with van der Waals surface area (Å²) in [6.45, 7) is 0. The zero-order valence-electron chi connectivity index (χ0n) is 27.9. The molecule has 1 aliphatic rings. The van der Waals surface area contributed by atoms with Crippen molar-refractivity contribution in [3.8, 4) is 33.6 Å². The second-order valence-corrected chi connectivity index (χ2v) is 13.6. The zero-order valence-corrected chi connectivity index (χ0v) is 27.9. The van der Waals surface area contributed by atoms with Gasteiger partial charge < -0.3 is 13.6 Å². The maximum absolute atomic E-state index is 6.12. The maximum Gasteiger partial charge on any atom is 0.135 e. The van der Waals surface area contributed by atoms with Crippen LogP contribution in [0.1, 0.15) is 17.7 Å². The third kappa shape index (κ3) is 4.31. The van der Waals surface area contributed by atoms with Crippen LogP contribution in [0.25, 0.3) is 94.4 Å². The highest BCUT2D eigenvalue weighted by Gasteiger charge is 2.20. The topological polar surface area (TPSA) is 23.0 Å². The van der Waals surface area contributed by atoms with Crippen LogP contribution in [-0.4, -0.2) is 9.13 Å². The van der Waals surface area contributed by atoms with Gasteiger partial charge >= 0.3 is 0 Å². The van der Waals surface area contributed by atoms with Crippen LogP contribution < -0.4 is 0 Å². The molecule has 11 rings (SSSR count). The second kappa shape index (κ2) is 11.0. The Hall–Kier alpha value is -6.58. The minimum atomic E-state index is 0.918. The van der Waals surface area contributed by atoms with Crippen LogP contribution in [0.5, 0.6) is 0 Å². The fourth-order valence-electron chi connectivity index (χ4n) is 8.43. The van der Waals surface area contributed by atoms with E-state index in [9.17, 15) is 0 Å². The first kappa shape index (κ1) is 28.3. The highest BCUT2D eigenvalue weighted by Crippen LogP contribution is 2.39. The van der Waals surface area contributed by atoms with E-state index >= 15 is 0 Å². The molecule has 1 aliphatic carbocycles. The maximum atomic E-state index is 6.12. The van der Waals surface area contributed by atoms with Gasteiger partial charge in [-0.3, -0.25) is 0 Å². The standard InChI is InChI=1S/C48H32N2O/c1-2-12-35(13-3-1)49-43-18-7-4-15-37(43)40-28-32(21-24-45(40)49)31-11-10-14-36(27-31)50-44-19-8-5-16-38(44)41-29-33(22-25-46(41)50)34-23-26-48-42(30-34)39-17-6-9-20-47(39)51-48/h1-6,8-17,19-30H,7,18H2. The van der Waals surface area contributed by atoms with Gasteiger partial charge in [-0.1, -0.05) is 97.1 Å². The largest absolute Gasteiger partial charge is 0.456 e. The SMILES string of the molecule is C1=Cc2c(n(-c3ccccc3)c3ccc(-c4cccc(-n5c6ccccc6c6cc(-c7ccc8oc9ccccc9c8c7)ccc65)c4)cc23)CC1. The summed E-state index contributed by atoms with van der Waals surface area (Å²) >= 11 is 0. The fraction of sp³-hybridized carbons (Fsp3) is 0.0417. The lowest BCUT2D eigenvalue weighted by molar-refractivity contribution is 0.669. The van der Waals surface area contributed by atoms with E-state index < -0.39 is 0 Å². The van der Waals surface area contributed by atoms with Crippen LogP contribution >= 0.6 is 0 Å². The Bertz CT molecular complexity index is 3020. The molecule has 0 spiro atoms. The quantitative estimate of drug-likeness (QED) is 0.186.